The molecule has 364 valence electrons. The Morgan fingerprint density at radius 1 is 0.344 bits per heavy atom. The summed E-state index contributed by atoms with van der Waals surface area (Å²) in [6.45, 7) is 6.42. The molecule has 0 aromatic carbocycles. The number of carbonyl (C=O) groups is 3. The number of esters is 3. The first kappa shape index (κ1) is 60.3. The van der Waals surface area contributed by atoms with Gasteiger partial charge in [0.05, 0.1) is 0 Å². The van der Waals surface area contributed by atoms with Gasteiger partial charge in [-0.3, -0.25) is 14.4 Å². The standard InChI is InChI=1S/C58H96O6/c1-4-7-10-13-16-19-22-24-26-28-29-30-32-33-36-39-42-45-48-51-57(60)63-54-55(53-62-56(59)50-47-44-41-38-35-21-18-15-12-9-6-3)64-58(61)52-49-46-43-40-37-34-31-27-25-23-20-17-14-11-8-5-2/h7,10,16,19,24,26-27,29-31,33-34,36-37,42,45,55H,4-6,8-9,11-15,17-18,20-23,25,28,32,35,38-41,43-44,46-54H2,1-3H3/b10-7-,19-16-,26-24-,30-29-,31-27-,36-33-,37-34-,45-42-. The van der Waals surface area contributed by atoms with Crippen molar-refractivity contribution in [3.63, 3.8) is 0 Å². The normalized spacial score (nSPS) is 12.9. The van der Waals surface area contributed by atoms with Crippen LogP contribution in [0.2, 0.25) is 0 Å². The number of unbranched alkanes of at least 4 members (excludes halogenated alkanes) is 20. The van der Waals surface area contributed by atoms with Gasteiger partial charge >= 0.3 is 17.9 Å². The van der Waals surface area contributed by atoms with Crippen molar-refractivity contribution in [2.45, 2.75) is 239 Å². The highest BCUT2D eigenvalue weighted by atomic mass is 16.6. The summed E-state index contributed by atoms with van der Waals surface area (Å²) in [5, 5.41) is 0. The Hall–Kier alpha value is -3.67. The number of ether oxygens (including phenoxy) is 3. The van der Waals surface area contributed by atoms with E-state index in [2.05, 4.69) is 106 Å². The van der Waals surface area contributed by atoms with Crippen LogP contribution in [0.3, 0.4) is 0 Å². The lowest BCUT2D eigenvalue weighted by Gasteiger charge is -2.18. The molecule has 0 aliphatic heterocycles. The van der Waals surface area contributed by atoms with Gasteiger partial charge in [-0.15, -0.1) is 0 Å². The van der Waals surface area contributed by atoms with E-state index in [1.54, 1.807) is 0 Å². The van der Waals surface area contributed by atoms with E-state index >= 15 is 0 Å². The summed E-state index contributed by atoms with van der Waals surface area (Å²) in [7, 11) is 0. The highest BCUT2D eigenvalue weighted by Gasteiger charge is 2.19. The molecule has 0 fully saturated rings. The van der Waals surface area contributed by atoms with E-state index in [9.17, 15) is 14.4 Å². The van der Waals surface area contributed by atoms with Crippen molar-refractivity contribution in [1.29, 1.82) is 0 Å². The minimum Gasteiger partial charge on any atom is -0.462 e. The van der Waals surface area contributed by atoms with Gasteiger partial charge in [-0.05, 0) is 83.5 Å². The van der Waals surface area contributed by atoms with Crippen LogP contribution in [0, 0.1) is 0 Å². The number of hydrogen-bond donors (Lipinski definition) is 0. The zero-order valence-corrected chi connectivity index (χ0v) is 41.5. The van der Waals surface area contributed by atoms with Crippen LogP contribution in [0.5, 0.6) is 0 Å². The Kier molecular flexibility index (Phi) is 49.0. The maximum Gasteiger partial charge on any atom is 0.306 e. The van der Waals surface area contributed by atoms with Gasteiger partial charge in [0.25, 0.3) is 0 Å². The van der Waals surface area contributed by atoms with Crippen molar-refractivity contribution in [3.8, 4) is 0 Å². The van der Waals surface area contributed by atoms with E-state index in [0.29, 0.717) is 12.8 Å². The van der Waals surface area contributed by atoms with Gasteiger partial charge in [-0.1, -0.05) is 227 Å². The van der Waals surface area contributed by atoms with Crippen molar-refractivity contribution in [1.82, 2.24) is 0 Å². The molecule has 0 saturated carbocycles. The Morgan fingerprint density at radius 2 is 0.688 bits per heavy atom. The maximum atomic E-state index is 12.8. The van der Waals surface area contributed by atoms with E-state index in [-0.39, 0.29) is 44.0 Å². The van der Waals surface area contributed by atoms with Crippen molar-refractivity contribution >= 4 is 17.9 Å². The van der Waals surface area contributed by atoms with Crippen LogP contribution in [0.25, 0.3) is 0 Å². The molecule has 0 aliphatic carbocycles. The van der Waals surface area contributed by atoms with Crippen LogP contribution in [0.1, 0.15) is 233 Å². The van der Waals surface area contributed by atoms with E-state index in [1.165, 1.54) is 96.3 Å². The molecule has 0 saturated heterocycles. The molecule has 6 heteroatoms. The predicted molar refractivity (Wildman–Crippen MR) is 274 cm³/mol. The average Bonchev–Trinajstić information content (AvgIpc) is 3.29. The quantitative estimate of drug-likeness (QED) is 0.0199. The zero-order valence-electron chi connectivity index (χ0n) is 41.5. The van der Waals surface area contributed by atoms with E-state index in [4.69, 9.17) is 14.2 Å². The molecule has 0 heterocycles. The van der Waals surface area contributed by atoms with Gasteiger partial charge in [0, 0.05) is 19.3 Å². The van der Waals surface area contributed by atoms with Crippen LogP contribution in [0.15, 0.2) is 97.2 Å². The lowest BCUT2D eigenvalue weighted by atomic mass is 10.1. The topological polar surface area (TPSA) is 78.9 Å². The third-order valence-electron chi connectivity index (χ3n) is 10.9. The van der Waals surface area contributed by atoms with Gasteiger partial charge in [-0.25, -0.2) is 0 Å². The largest absolute Gasteiger partial charge is 0.462 e. The monoisotopic (exact) mass is 889 g/mol. The van der Waals surface area contributed by atoms with E-state index < -0.39 is 6.10 Å². The molecule has 0 amide bonds. The fourth-order valence-electron chi connectivity index (χ4n) is 6.93. The van der Waals surface area contributed by atoms with E-state index in [0.717, 1.165) is 89.9 Å². The lowest BCUT2D eigenvalue weighted by molar-refractivity contribution is -0.166. The molecule has 0 spiro atoms. The molecule has 0 bridgehead atoms. The second-order valence-electron chi connectivity index (χ2n) is 17.1. The van der Waals surface area contributed by atoms with Gasteiger partial charge in [-0.2, -0.15) is 0 Å². The molecule has 0 aromatic rings. The second kappa shape index (κ2) is 52.0. The molecule has 0 radical (unpaired) electrons. The summed E-state index contributed by atoms with van der Waals surface area (Å²) in [6, 6.07) is 0. The fourth-order valence-corrected chi connectivity index (χ4v) is 6.93. The highest BCUT2D eigenvalue weighted by Crippen LogP contribution is 2.14. The van der Waals surface area contributed by atoms with Gasteiger partial charge in [0.2, 0.25) is 0 Å². The van der Waals surface area contributed by atoms with Crippen LogP contribution < -0.4 is 0 Å². The zero-order chi connectivity index (χ0) is 46.5. The summed E-state index contributed by atoms with van der Waals surface area (Å²) >= 11 is 0. The van der Waals surface area contributed by atoms with Crippen molar-refractivity contribution in [3.05, 3.63) is 97.2 Å². The molecular weight excluding hydrogens is 793 g/mol. The number of hydrogen-bond acceptors (Lipinski definition) is 6. The molecule has 1 unspecified atom stereocenters. The molecule has 0 aromatic heterocycles. The smallest absolute Gasteiger partial charge is 0.306 e. The molecule has 0 rings (SSSR count). The Labute approximate surface area is 394 Å². The van der Waals surface area contributed by atoms with Gasteiger partial charge < -0.3 is 14.2 Å². The van der Waals surface area contributed by atoms with Gasteiger partial charge in [0.1, 0.15) is 13.2 Å². The number of rotatable bonds is 46. The molecule has 1 atom stereocenters. The van der Waals surface area contributed by atoms with Crippen LogP contribution >= 0.6 is 0 Å². The van der Waals surface area contributed by atoms with Crippen LogP contribution in [-0.4, -0.2) is 37.2 Å². The summed E-state index contributed by atoms with van der Waals surface area (Å²) in [4.78, 5) is 37.9. The SMILES string of the molecule is CC/C=C\C/C=C\C/C=C\C/C=C\C/C=C\C/C=C\CCC(=O)OCC(COC(=O)CCCCCCCCCCCCC)OC(=O)CCCCC/C=C\C=C/CCCCCCCCC. The maximum absolute atomic E-state index is 12.8. The average molecular weight is 889 g/mol. The molecule has 64 heavy (non-hydrogen) atoms. The van der Waals surface area contributed by atoms with Crippen LogP contribution in [0.4, 0.5) is 0 Å². The Bertz CT molecular complexity index is 1300. The third kappa shape index (κ3) is 49.3. The second-order valence-corrected chi connectivity index (χ2v) is 17.1. The van der Waals surface area contributed by atoms with Crippen molar-refractivity contribution < 1.29 is 28.6 Å². The molecule has 6 nitrogen and oxygen atoms in total. The molecule has 0 aliphatic rings. The minimum absolute atomic E-state index is 0.111. The Balaban J connectivity index is 4.53. The highest BCUT2D eigenvalue weighted by molar-refractivity contribution is 5.71. The Morgan fingerprint density at radius 3 is 1.12 bits per heavy atom. The molecular formula is C58H96O6. The van der Waals surface area contributed by atoms with Gasteiger partial charge in [0.15, 0.2) is 6.10 Å². The summed E-state index contributed by atoms with van der Waals surface area (Å²) in [6.07, 6.45) is 68.3. The first-order valence-electron chi connectivity index (χ1n) is 26.3. The summed E-state index contributed by atoms with van der Waals surface area (Å²) in [5.41, 5.74) is 0. The predicted octanol–water partition coefficient (Wildman–Crippen LogP) is 17.4. The lowest BCUT2D eigenvalue weighted by Crippen LogP contribution is -2.30. The summed E-state index contributed by atoms with van der Waals surface area (Å²) in [5.74, 6) is -1.03. The first-order chi connectivity index (χ1) is 31.5. The molecule has 0 N–H and O–H groups in total. The van der Waals surface area contributed by atoms with Crippen molar-refractivity contribution in [2.75, 3.05) is 13.2 Å². The third-order valence-corrected chi connectivity index (χ3v) is 10.9. The van der Waals surface area contributed by atoms with E-state index in [1.807, 2.05) is 12.2 Å². The number of carbonyl (C=O) groups excluding carboxylic acids is 3. The first-order valence-corrected chi connectivity index (χ1v) is 26.3. The van der Waals surface area contributed by atoms with Crippen molar-refractivity contribution in [2.24, 2.45) is 0 Å². The summed E-state index contributed by atoms with van der Waals surface area (Å²) < 4.78 is 16.7. The minimum atomic E-state index is -0.820. The number of allylic oxidation sites excluding steroid dienone is 16. The van der Waals surface area contributed by atoms with Crippen LogP contribution in [-0.2, 0) is 28.6 Å². The fraction of sp³-hybridized carbons (Fsp3) is 0.672.